The van der Waals surface area contributed by atoms with Crippen molar-refractivity contribution < 1.29 is 19.4 Å². The minimum Gasteiger partial charge on any atom is -0.377 e. The van der Waals surface area contributed by atoms with Crippen molar-refractivity contribution in [1.29, 1.82) is 0 Å². The van der Waals surface area contributed by atoms with E-state index in [4.69, 9.17) is 4.74 Å². The van der Waals surface area contributed by atoms with Gasteiger partial charge < -0.3 is 15.4 Å². The minimum absolute atomic E-state index is 0.0131. The molecule has 0 aliphatic rings. The maximum absolute atomic E-state index is 11.4. The number of hydrogen-bond acceptors (Lipinski definition) is 3. The van der Waals surface area contributed by atoms with Crippen LogP contribution in [0.2, 0.25) is 0 Å². The Labute approximate surface area is 114 Å². The first kappa shape index (κ1) is 17.6. The molecule has 0 heterocycles. The molecule has 0 aromatic carbocycles. The largest absolute Gasteiger partial charge is 0.377 e. The lowest BCUT2D eigenvalue weighted by molar-refractivity contribution is -0.121. The molecule has 2 amide bonds. The number of unbranched alkanes of at least 4 members (excludes halogenated alkanes) is 2. The predicted molar refractivity (Wildman–Crippen MR) is 71.1 cm³/mol. The van der Waals surface area contributed by atoms with E-state index < -0.39 is 0 Å². The van der Waals surface area contributed by atoms with Crippen LogP contribution in [-0.2, 0) is 19.4 Å². The second kappa shape index (κ2) is 13.0. The van der Waals surface area contributed by atoms with Gasteiger partial charge in [-0.25, -0.2) is 5.11 Å². The summed E-state index contributed by atoms with van der Waals surface area (Å²) in [5.41, 5.74) is 0. The van der Waals surface area contributed by atoms with E-state index in [-0.39, 0.29) is 25.0 Å². The van der Waals surface area contributed by atoms with Crippen molar-refractivity contribution >= 4 is 11.8 Å². The van der Waals surface area contributed by atoms with Gasteiger partial charge in [0, 0.05) is 19.5 Å². The molecule has 0 saturated carbocycles. The molecule has 0 unspecified atom stereocenters. The Balaban J connectivity index is 3.24. The van der Waals surface area contributed by atoms with Gasteiger partial charge >= 0.3 is 0 Å². The number of rotatable bonds is 12. The van der Waals surface area contributed by atoms with Crippen LogP contribution in [0, 0.1) is 0 Å². The zero-order valence-electron chi connectivity index (χ0n) is 11.3. The van der Waals surface area contributed by atoms with Crippen LogP contribution < -0.4 is 10.6 Å². The van der Waals surface area contributed by atoms with Gasteiger partial charge in [-0.05, 0) is 18.9 Å². The highest BCUT2D eigenvalue weighted by Crippen LogP contribution is 1.98. The fourth-order valence-corrected chi connectivity index (χ4v) is 1.38. The molecule has 0 fully saturated rings. The number of carbonyl (C=O) groups is 2. The Morgan fingerprint density at radius 3 is 2.53 bits per heavy atom. The zero-order valence-corrected chi connectivity index (χ0v) is 11.3. The van der Waals surface area contributed by atoms with E-state index in [1.165, 1.54) is 6.08 Å². The number of ether oxygens (including phenoxy) is 1. The molecule has 0 rings (SSSR count). The lowest BCUT2D eigenvalue weighted by atomic mass is 10.2. The summed E-state index contributed by atoms with van der Waals surface area (Å²) in [6.07, 6.45) is 4.23. The summed E-state index contributed by atoms with van der Waals surface area (Å²) in [4.78, 5) is 22.2. The van der Waals surface area contributed by atoms with Gasteiger partial charge in [0.15, 0.2) is 0 Å². The normalized spacial score (nSPS) is 9.95. The summed E-state index contributed by atoms with van der Waals surface area (Å²) >= 11 is 0. The number of nitrogens with one attached hydrogen (secondary N) is 2. The molecule has 109 valence electrons. The highest BCUT2D eigenvalue weighted by Gasteiger charge is 2.00. The fourth-order valence-electron chi connectivity index (χ4n) is 1.38. The third kappa shape index (κ3) is 12.8. The van der Waals surface area contributed by atoms with Gasteiger partial charge in [0.05, 0.1) is 13.2 Å². The monoisotopic (exact) mass is 271 g/mol. The van der Waals surface area contributed by atoms with E-state index in [9.17, 15) is 14.7 Å². The molecule has 19 heavy (non-hydrogen) atoms. The molecule has 0 aliphatic heterocycles. The van der Waals surface area contributed by atoms with Crippen molar-refractivity contribution in [2.75, 3.05) is 32.9 Å². The van der Waals surface area contributed by atoms with Gasteiger partial charge in [-0.3, -0.25) is 9.59 Å². The lowest BCUT2D eigenvalue weighted by Crippen LogP contribution is -2.27. The van der Waals surface area contributed by atoms with Crippen LogP contribution in [-0.4, -0.2) is 44.7 Å². The Bertz CT molecular complexity index is 269. The van der Waals surface area contributed by atoms with E-state index >= 15 is 0 Å². The summed E-state index contributed by atoms with van der Waals surface area (Å²) in [6.45, 7) is 4.71. The van der Waals surface area contributed by atoms with Gasteiger partial charge in [0.25, 0.3) is 0 Å². The van der Waals surface area contributed by atoms with Crippen molar-refractivity contribution in [3.05, 3.63) is 12.7 Å². The van der Waals surface area contributed by atoms with E-state index in [0.29, 0.717) is 26.1 Å². The summed E-state index contributed by atoms with van der Waals surface area (Å²) in [6, 6.07) is 0. The molecule has 0 spiro atoms. The predicted octanol–water partition coefficient (Wildman–Crippen LogP) is 0.412. The standard InChI is InChI=1S/C13H23N2O4/c1-2-12(17)14-7-5-3-4-6-13(18)15-8-10-19-11-9-16/h2H,1,3-11H2,(H,14,17)(H,15,18). The molecule has 0 bridgehead atoms. The smallest absolute Gasteiger partial charge is 0.243 e. The van der Waals surface area contributed by atoms with Crippen LogP contribution in [0.25, 0.3) is 0 Å². The molecule has 0 aromatic rings. The summed E-state index contributed by atoms with van der Waals surface area (Å²) in [5, 5.41) is 15.5. The zero-order chi connectivity index (χ0) is 14.3. The van der Waals surface area contributed by atoms with Crippen LogP contribution >= 0.6 is 0 Å². The second-order valence-corrected chi connectivity index (χ2v) is 3.97. The van der Waals surface area contributed by atoms with Crippen LogP contribution in [0.4, 0.5) is 0 Å². The minimum atomic E-state index is -0.254. The Morgan fingerprint density at radius 1 is 1.05 bits per heavy atom. The van der Waals surface area contributed by atoms with Gasteiger partial charge in [0.2, 0.25) is 11.8 Å². The average molecular weight is 271 g/mol. The maximum Gasteiger partial charge on any atom is 0.243 e. The molecule has 0 atom stereocenters. The van der Waals surface area contributed by atoms with E-state index in [2.05, 4.69) is 17.2 Å². The van der Waals surface area contributed by atoms with Gasteiger partial charge in [-0.15, -0.1) is 0 Å². The van der Waals surface area contributed by atoms with Crippen molar-refractivity contribution in [2.45, 2.75) is 25.7 Å². The maximum atomic E-state index is 11.4. The first-order valence-corrected chi connectivity index (χ1v) is 6.53. The Kier molecular flexibility index (Phi) is 12.1. The van der Waals surface area contributed by atoms with Gasteiger partial charge in [-0.1, -0.05) is 13.0 Å². The second-order valence-electron chi connectivity index (χ2n) is 3.97. The average Bonchev–Trinajstić information content (AvgIpc) is 2.42. The van der Waals surface area contributed by atoms with Gasteiger partial charge in [0.1, 0.15) is 6.61 Å². The van der Waals surface area contributed by atoms with Crippen LogP contribution in [0.5, 0.6) is 0 Å². The van der Waals surface area contributed by atoms with Crippen LogP contribution in [0.3, 0.4) is 0 Å². The van der Waals surface area contributed by atoms with Crippen molar-refractivity contribution in [1.82, 2.24) is 10.6 Å². The third-order valence-corrected chi connectivity index (χ3v) is 2.36. The molecule has 0 aromatic heterocycles. The van der Waals surface area contributed by atoms with Crippen molar-refractivity contribution in [3.8, 4) is 0 Å². The first-order valence-electron chi connectivity index (χ1n) is 6.53. The Hall–Kier alpha value is -1.40. The summed E-state index contributed by atoms with van der Waals surface area (Å²) in [5.74, 6) is -0.184. The lowest BCUT2D eigenvalue weighted by Gasteiger charge is -2.05. The quantitative estimate of drug-likeness (QED) is 0.398. The number of hydrogen-bond donors (Lipinski definition) is 2. The highest BCUT2D eigenvalue weighted by atomic mass is 16.5. The molecule has 6 heteroatoms. The van der Waals surface area contributed by atoms with E-state index in [1.807, 2.05) is 0 Å². The highest BCUT2D eigenvalue weighted by molar-refractivity contribution is 5.86. The van der Waals surface area contributed by atoms with E-state index in [1.54, 1.807) is 0 Å². The van der Waals surface area contributed by atoms with Crippen LogP contribution in [0.15, 0.2) is 12.7 Å². The molecular weight excluding hydrogens is 248 g/mol. The molecule has 2 N–H and O–H groups in total. The van der Waals surface area contributed by atoms with Crippen molar-refractivity contribution in [2.24, 2.45) is 0 Å². The first-order chi connectivity index (χ1) is 9.20. The van der Waals surface area contributed by atoms with E-state index in [0.717, 1.165) is 19.3 Å². The fraction of sp³-hybridized carbons (Fsp3) is 0.692. The number of amides is 2. The van der Waals surface area contributed by atoms with Gasteiger partial charge in [-0.2, -0.15) is 0 Å². The summed E-state index contributed by atoms with van der Waals surface area (Å²) < 4.78 is 4.95. The Morgan fingerprint density at radius 2 is 1.84 bits per heavy atom. The third-order valence-electron chi connectivity index (χ3n) is 2.36. The molecule has 0 aliphatic carbocycles. The molecule has 0 saturated heterocycles. The molecule has 1 radical (unpaired) electrons. The topological polar surface area (TPSA) is 87.3 Å². The van der Waals surface area contributed by atoms with Crippen molar-refractivity contribution in [3.63, 3.8) is 0 Å². The number of carbonyl (C=O) groups excluding carboxylic acids is 2. The summed E-state index contributed by atoms with van der Waals surface area (Å²) in [7, 11) is 0. The SMILES string of the molecule is C=CC(=O)NCCCCCC(=O)NCCOCC[O]. The molecular formula is C13H23N2O4. The molecule has 6 nitrogen and oxygen atoms in total. The van der Waals surface area contributed by atoms with Crippen LogP contribution in [0.1, 0.15) is 25.7 Å².